The van der Waals surface area contributed by atoms with Crippen molar-refractivity contribution in [2.45, 2.75) is 62.7 Å². The monoisotopic (exact) mass is 445 g/mol. The van der Waals surface area contributed by atoms with Crippen molar-refractivity contribution in [2.75, 3.05) is 19.7 Å². The van der Waals surface area contributed by atoms with Crippen molar-refractivity contribution in [2.24, 2.45) is 11.5 Å². The number of carboxylic acids is 2. The van der Waals surface area contributed by atoms with Gasteiger partial charge in [0.25, 0.3) is 0 Å². The lowest BCUT2D eigenvalue weighted by Crippen LogP contribution is -2.57. The number of amides is 3. The van der Waals surface area contributed by atoms with E-state index in [1.54, 1.807) is 0 Å². The number of nitrogens with two attached hydrogens (primary N) is 2. The third kappa shape index (κ3) is 8.11. The Kier molecular flexibility index (Phi) is 10.9. The second-order valence-electron chi connectivity index (χ2n) is 7.32. The van der Waals surface area contributed by atoms with Crippen LogP contribution in [0, 0.1) is 0 Å². The smallest absolute Gasteiger partial charge is 0.328 e. The van der Waals surface area contributed by atoms with Gasteiger partial charge in [0, 0.05) is 6.54 Å². The number of aliphatic carboxylic acids is 2. The lowest BCUT2D eigenvalue weighted by atomic mass is 10.1. The number of unbranched alkanes of at least 4 members (excludes halogenated alkanes) is 1. The number of carboxylic acid groups (broad SMARTS) is 2. The molecule has 0 aliphatic carbocycles. The van der Waals surface area contributed by atoms with Crippen LogP contribution in [-0.2, 0) is 24.0 Å². The van der Waals surface area contributed by atoms with Gasteiger partial charge in [0.2, 0.25) is 17.7 Å². The van der Waals surface area contributed by atoms with E-state index in [0.29, 0.717) is 32.2 Å². The minimum absolute atomic E-state index is 0.127. The molecule has 31 heavy (non-hydrogen) atoms. The number of likely N-dealkylation sites (tertiary alicyclic amines) is 1. The topological polar surface area (TPSA) is 225 Å². The molecule has 13 heteroatoms. The van der Waals surface area contributed by atoms with Crippen molar-refractivity contribution >= 4 is 29.7 Å². The third-order valence-electron chi connectivity index (χ3n) is 4.94. The van der Waals surface area contributed by atoms with Gasteiger partial charge in [-0.25, -0.2) is 4.79 Å². The average Bonchev–Trinajstić information content (AvgIpc) is 3.20. The quantitative estimate of drug-likeness (QED) is 0.142. The minimum Gasteiger partial charge on any atom is -0.481 e. The first-order valence-corrected chi connectivity index (χ1v) is 10.0. The van der Waals surface area contributed by atoms with Crippen LogP contribution in [0.25, 0.3) is 0 Å². The Bertz CT molecular complexity index is 673. The van der Waals surface area contributed by atoms with Crippen LogP contribution in [0.2, 0.25) is 0 Å². The van der Waals surface area contributed by atoms with E-state index in [-0.39, 0.29) is 13.0 Å². The highest BCUT2D eigenvalue weighted by Gasteiger charge is 2.39. The Labute approximate surface area is 179 Å². The summed E-state index contributed by atoms with van der Waals surface area (Å²) < 4.78 is 0. The summed E-state index contributed by atoms with van der Waals surface area (Å²) in [5, 5.41) is 31.7. The van der Waals surface area contributed by atoms with Gasteiger partial charge in [0.05, 0.1) is 19.1 Å². The standard InChI is InChI=1S/C18H31N5O8/c19-6-2-1-4-10(20)15(27)21-11(8-14(25)26)17(29)23-7-3-5-13(23)16(28)22-12(9-24)18(30)31/h10-13,24H,1-9,19-20H2,(H,21,27)(H,22,28)(H,25,26)(H,30,31). The van der Waals surface area contributed by atoms with E-state index in [2.05, 4.69) is 10.6 Å². The van der Waals surface area contributed by atoms with Gasteiger partial charge in [-0.15, -0.1) is 0 Å². The maximum Gasteiger partial charge on any atom is 0.328 e. The molecule has 176 valence electrons. The van der Waals surface area contributed by atoms with Crippen molar-refractivity contribution in [1.82, 2.24) is 15.5 Å². The lowest BCUT2D eigenvalue weighted by Gasteiger charge is -2.29. The Hall–Kier alpha value is -2.77. The number of nitrogens with zero attached hydrogens (tertiary/aromatic N) is 1. The molecule has 1 aliphatic heterocycles. The normalized spacial score (nSPS) is 18.7. The number of aliphatic hydroxyl groups is 1. The molecule has 0 aromatic rings. The van der Waals surface area contributed by atoms with Gasteiger partial charge >= 0.3 is 11.9 Å². The highest BCUT2D eigenvalue weighted by Crippen LogP contribution is 2.19. The number of hydrogen-bond acceptors (Lipinski definition) is 8. The van der Waals surface area contributed by atoms with Gasteiger partial charge in [-0.05, 0) is 32.2 Å². The molecular weight excluding hydrogens is 414 g/mol. The molecule has 4 atom stereocenters. The van der Waals surface area contributed by atoms with Gasteiger partial charge in [-0.2, -0.15) is 0 Å². The van der Waals surface area contributed by atoms with Crippen LogP contribution in [-0.4, -0.2) is 93.7 Å². The fraction of sp³-hybridized carbons (Fsp3) is 0.722. The van der Waals surface area contributed by atoms with Gasteiger partial charge < -0.3 is 42.3 Å². The summed E-state index contributed by atoms with van der Waals surface area (Å²) in [5.74, 6) is -5.03. The Morgan fingerprint density at radius 3 is 2.29 bits per heavy atom. The Balaban J connectivity index is 2.88. The number of carbonyl (C=O) groups is 5. The molecule has 0 bridgehead atoms. The SMILES string of the molecule is NCCCCC(N)C(=O)NC(CC(=O)O)C(=O)N1CCCC1C(=O)NC(CO)C(=O)O. The summed E-state index contributed by atoms with van der Waals surface area (Å²) in [5.41, 5.74) is 11.2. The van der Waals surface area contributed by atoms with E-state index in [0.717, 1.165) is 4.90 Å². The second kappa shape index (κ2) is 12.8. The minimum atomic E-state index is -1.54. The van der Waals surface area contributed by atoms with E-state index in [9.17, 15) is 24.0 Å². The van der Waals surface area contributed by atoms with Crippen molar-refractivity contribution in [1.29, 1.82) is 0 Å². The summed E-state index contributed by atoms with van der Waals surface area (Å²) in [4.78, 5) is 61.1. The maximum atomic E-state index is 12.9. The van der Waals surface area contributed by atoms with E-state index < -0.39 is 66.9 Å². The van der Waals surface area contributed by atoms with Gasteiger partial charge in [0.1, 0.15) is 18.1 Å². The average molecular weight is 445 g/mol. The largest absolute Gasteiger partial charge is 0.481 e. The summed E-state index contributed by atoms with van der Waals surface area (Å²) in [6.07, 6.45) is 1.50. The first-order chi connectivity index (χ1) is 14.6. The predicted molar refractivity (Wildman–Crippen MR) is 106 cm³/mol. The fourth-order valence-corrected chi connectivity index (χ4v) is 3.25. The first kappa shape index (κ1) is 26.3. The van der Waals surface area contributed by atoms with Crippen LogP contribution < -0.4 is 22.1 Å². The molecular formula is C18H31N5O8. The number of hydrogen-bond donors (Lipinski definition) is 7. The van der Waals surface area contributed by atoms with Crippen LogP contribution >= 0.6 is 0 Å². The second-order valence-corrected chi connectivity index (χ2v) is 7.32. The summed E-state index contributed by atoms with van der Waals surface area (Å²) in [7, 11) is 0. The van der Waals surface area contributed by atoms with E-state index in [4.69, 9.17) is 26.8 Å². The van der Waals surface area contributed by atoms with Crippen LogP contribution in [0.3, 0.4) is 0 Å². The lowest BCUT2D eigenvalue weighted by molar-refractivity contribution is -0.147. The molecule has 0 saturated carbocycles. The molecule has 1 fully saturated rings. The molecule has 0 radical (unpaired) electrons. The molecule has 0 aromatic heterocycles. The van der Waals surface area contributed by atoms with Crippen molar-refractivity contribution in [3.8, 4) is 0 Å². The Morgan fingerprint density at radius 2 is 1.74 bits per heavy atom. The molecule has 1 rings (SSSR count). The fourth-order valence-electron chi connectivity index (χ4n) is 3.25. The van der Waals surface area contributed by atoms with E-state index >= 15 is 0 Å². The molecule has 13 nitrogen and oxygen atoms in total. The molecule has 0 spiro atoms. The van der Waals surface area contributed by atoms with Crippen LogP contribution in [0.15, 0.2) is 0 Å². The van der Waals surface area contributed by atoms with Crippen molar-refractivity contribution in [3.63, 3.8) is 0 Å². The molecule has 1 saturated heterocycles. The molecule has 1 aliphatic rings. The summed E-state index contributed by atoms with van der Waals surface area (Å²) in [6.45, 7) is -0.268. The zero-order valence-electron chi connectivity index (χ0n) is 17.2. The highest BCUT2D eigenvalue weighted by molar-refractivity contribution is 5.96. The highest BCUT2D eigenvalue weighted by atomic mass is 16.4. The van der Waals surface area contributed by atoms with Gasteiger partial charge in [-0.1, -0.05) is 6.42 Å². The van der Waals surface area contributed by atoms with E-state index in [1.165, 1.54) is 0 Å². The van der Waals surface area contributed by atoms with E-state index in [1.807, 2.05) is 0 Å². The van der Waals surface area contributed by atoms with Crippen LogP contribution in [0.4, 0.5) is 0 Å². The molecule has 4 unspecified atom stereocenters. The number of nitrogens with one attached hydrogen (secondary N) is 2. The van der Waals surface area contributed by atoms with Crippen molar-refractivity contribution < 1.29 is 39.3 Å². The first-order valence-electron chi connectivity index (χ1n) is 10.0. The van der Waals surface area contributed by atoms with Crippen LogP contribution in [0.1, 0.15) is 38.5 Å². The zero-order valence-corrected chi connectivity index (χ0v) is 17.2. The number of aliphatic hydroxyl groups excluding tert-OH is 1. The summed E-state index contributed by atoms with van der Waals surface area (Å²) in [6, 6.07) is -4.97. The predicted octanol–water partition coefficient (Wildman–Crippen LogP) is -3.05. The third-order valence-corrected chi connectivity index (χ3v) is 4.94. The van der Waals surface area contributed by atoms with Crippen molar-refractivity contribution in [3.05, 3.63) is 0 Å². The Morgan fingerprint density at radius 1 is 1.06 bits per heavy atom. The number of rotatable bonds is 13. The van der Waals surface area contributed by atoms with Gasteiger partial charge in [0.15, 0.2) is 0 Å². The zero-order chi connectivity index (χ0) is 23.6. The van der Waals surface area contributed by atoms with Crippen LogP contribution in [0.5, 0.6) is 0 Å². The molecule has 3 amide bonds. The number of carbonyl (C=O) groups excluding carboxylic acids is 3. The maximum absolute atomic E-state index is 12.9. The molecule has 9 N–H and O–H groups in total. The molecule has 0 aromatic carbocycles. The molecule has 1 heterocycles. The van der Waals surface area contributed by atoms with Gasteiger partial charge in [-0.3, -0.25) is 19.2 Å². The summed E-state index contributed by atoms with van der Waals surface area (Å²) >= 11 is 0.